The van der Waals surface area contributed by atoms with E-state index >= 15 is 0 Å². The lowest BCUT2D eigenvalue weighted by molar-refractivity contribution is -0.132. The zero-order valence-corrected chi connectivity index (χ0v) is 25.3. The molecule has 0 radical (unpaired) electrons. The van der Waals surface area contributed by atoms with E-state index in [9.17, 15) is 14.7 Å². The minimum Gasteiger partial charge on any atom is -0.507 e. The highest BCUT2D eigenvalue weighted by Crippen LogP contribution is 2.45. The van der Waals surface area contributed by atoms with Crippen molar-refractivity contribution in [1.29, 1.82) is 0 Å². The molecule has 43 heavy (non-hydrogen) atoms. The Balaban J connectivity index is 1.43. The molecule has 6 rings (SSSR count). The molecule has 9 heteroatoms. The van der Waals surface area contributed by atoms with Crippen LogP contribution < -0.4 is 19.1 Å². The van der Waals surface area contributed by atoms with Crippen LogP contribution >= 0.6 is 11.3 Å². The van der Waals surface area contributed by atoms with Crippen molar-refractivity contribution in [3.8, 4) is 17.2 Å². The zero-order chi connectivity index (χ0) is 30.1. The van der Waals surface area contributed by atoms with Gasteiger partial charge in [0, 0.05) is 12.0 Å². The second-order valence-corrected chi connectivity index (χ2v) is 11.8. The Morgan fingerprint density at radius 1 is 1.02 bits per heavy atom. The summed E-state index contributed by atoms with van der Waals surface area (Å²) >= 11 is 1.30. The molecule has 0 spiro atoms. The molecule has 8 nitrogen and oxygen atoms in total. The third kappa shape index (κ3) is 5.57. The maximum Gasteiger partial charge on any atom is 0.301 e. The van der Waals surface area contributed by atoms with E-state index < -0.39 is 17.7 Å². The number of amides is 1. The van der Waals surface area contributed by atoms with Gasteiger partial charge in [-0.05, 0) is 79.9 Å². The number of Topliss-reactive ketones (excluding diaryl/α,β-unsaturated/α-hetero) is 1. The predicted molar refractivity (Wildman–Crippen MR) is 167 cm³/mol. The molecule has 1 fully saturated rings. The lowest BCUT2D eigenvalue weighted by atomic mass is 9.94. The van der Waals surface area contributed by atoms with E-state index in [1.54, 1.807) is 12.1 Å². The summed E-state index contributed by atoms with van der Waals surface area (Å²) in [4.78, 5) is 33.5. The molecule has 1 saturated heterocycles. The topological polar surface area (TPSA) is 98.2 Å². The zero-order valence-electron chi connectivity index (χ0n) is 24.5. The lowest BCUT2D eigenvalue weighted by Crippen LogP contribution is -2.29. The van der Waals surface area contributed by atoms with E-state index in [0.29, 0.717) is 52.9 Å². The van der Waals surface area contributed by atoms with Crippen LogP contribution in [0, 0.1) is 0 Å². The van der Waals surface area contributed by atoms with E-state index in [1.165, 1.54) is 16.2 Å². The number of aromatic nitrogens is 1. The van der Waals surface area contributed by atoms with Gasteiger partial charge < -0.3 is 19.3 Å². The molecule has 222 valence electrons. The molecular weight excluding hydrogens is 564 g/mol. The number of rotatable bonds is 10. The number of benzene rings is 3. The molecule has 1 aromatic heterocycles. The van der Waals surface area contributed by atoms with Crippen LogP contribution in [0.4, 0.5) is 5.13 Å². The van der Waals surface area contributed by atoms with Crippen molar-refractivity contribution in [2.24, 2.45) is 0 Å². The number of nitrogens with zero attached hydrogens (tertiary/aromatic N) is 2. The third-order valence-corrected chi connectivity index (χ3v) is 8.71. The Morgan fingerprint density at radius 2 is 1.81 bits per heavy atom. The summed E-state index contributed by atoms with van der Waals surface area (Å²) in [7, 11) is 0. The molecule has 2 atom stereocenters. The first-order valence-corrected chi connectivity index (χ1v) is 15.6. The van der Waals surface area contributed by atoms with Gasteiger partial charge in [-0.3, -0.25) is 14.5 Å². The number of ketones is 1. The Kier molecular flexibility index (Phi) is 8.08. The van der Waals surface area contributed by atoms with Gasteiger partial charge in [-0.25, -0.2) is 4.98 Å². The van der Waals surface area contributed by atoms with Gasteiger partial charge in [-0.2, -0.15) is 0 Å². The largest absolute Gasteiger partial charge is 0.507 e. The van der Waals surface area contributed by atoms with Crippen LogP contribution in [0.2, 0.25) is 0 Å². The van der Waals surface area contributed by atoms with Crippen LogP contribution in [0.25, 0.3) is 16.0 Å². The first kappa shape index (κ1) is 28.7. The summed E-state index contributed by atoms with van der Waals surface area (Å²) in [6.45, 7) is 7.18. The van der Waals surface area contributed by atoms with Gasteiger partial charge in [0.2, 0.25) is 0 Å². The molecule has 2 unspecified atom stereocenters. The van der Waals surface area contributed by atoms with Crippen LogP contribution in [0.5, 0.6) is 17.2 Å². The number of carbonyl (C=O) groups excluding carboxylic acids is 2. The average molecular weight is 599 g/mol. The maximum absolute atomic E-state index is 13.7. The fraction of sp³-hybridized carbons (Fsp3) is 0.324. The number of thiazole rings is 1. The van der Waals surface area contributed by atoms with Crippen LogP contribution in [0.3, 0.4) is 0 Å². The Labute approximate surface area is 254 Å². The Hall–Kier alpha value is -4.37. The standard InChI is InChI=1S/C34H34N2O6S/c1-4-6-7-16-41-24-11-8-21(9-12-24)30-29(31(37)22-10-15-27-23(18-22)17-20(3)42-27)32(38)33(39)36(30)34-35-26-14-13-25(40-5-2)19-28(26)43-34/h8-15,18-20,30,37H,4-7,16-17H2,1-3H3. The summed E-state index contributed by atoms with van der Waals surface area (Å²) in [6, 6.07) is 17.4. The summed E-state index contributed by atoms with van der Waals surface area (Å²) in [5, 5.41) is 12.0. The number of anilines is 1. The van der Waals surface area contributed by atoms with Crippen molar-refractivity contribution < 1.29 is 28.9 Å². The van der Waals surface area contributed by atoms with Crippen LogP contribution in [-0.2, 0) is 16.0 Å². The first-order chi connectivity index (χ1) is 20.9. The molecule has 2 aliphatic heterocycles. The Bertz CT molecular complexity index is 1710. The number of carbonyl (C=O) groups is 2. The number of hydrogen-bond acceptors (Lipinski definition) is 8. The van der Waals surface area contributed by atoms with Crippen molar-refractivity contribution in [2.45, 2.75) is 58.6 Å². The molecule has 0 saturated carbocycles. The fourth-order valence-electron chi connectivity index (χ4n) is 5.61. The normalized spacial score (nSPS) is 19.1. The monoisotopic (exact) mass is 598 g/mol. The molecule has 4 aromatic rings. The average Bonchev–Trinajstić information content (AvgIpc) is 3.67. The summed E-state index contributed by atoms with van der Waals surface area (Å²) in [5.74, 6) is 0.431. The minimum absolute atomic E-state index is 0.0165. The summed E-state index contributed by atoms with van der Waals surface area (Å²) < 4.78 is 18.2. The van der Waals surface area contributed by atoms with Gasteiger partial charge in [0.1, 0.15) is 29.1 Å². The molecule has 1 N–H and O–H groups in total. The number of aliphatic hydroxyl groups excluding tert-OH is 1. The van der Waals surface area contributed by atoms with Gasteiger partial charge in [-0.15, -0.1) is 0 Å². The SMILES string of the molecule is CCCCCOc1ccc(C2C(=C(O)c3ccc4c(c3)CC(C)O4)C(=O)C(=O)N2c2nc3ccc(OCC)cc3s2)cc1. The maximum atomic E-state index is 13.7. The highest BCUT2D eigenvalue weighted by atomic mass is 32.1. The van der Waals surface area contributed by atoms with Crippen LogP contribution in [0.15, 0.2) is 66.2 Å². The van der Waals surface area contributed by atoms with Crippen molar-refractivity contribution in [3.63, 3.8) is 0 Å². The number of unbranched alkanes of at least 4 members (excludes halogenated alkanes) is 2. The highest BCUT2D eigenvalue weighted by Gasteiger charge is 2.48. The number of fused-ring (bicyclic) bond motifs is 2. The van der Waals surface area contributed by atoms with Crippen molar-refractivity contribution in [2.75, 3.05) is 18.1 Å². The van der Waals surface area contributed by atoms with Crippen LogP contribution in [0.1, 0.15) is 62.8 Å². The highest BCUT2D eigenvalue weighted by molar-refractivity contribution is 7.22. The quantitative estimate of drug-likeness (QED) is 0.0891. The van der Waals surface area contributed by atoms with Crippen molar-refractivity contribution >= 4 is 44.1 Å². The predicted octanol–water partition coefficient (Wildman–Crippen LogP) is 7.21. The molecule has 1 amide bonds. The van der Waals surface area contributed by atoms with E-state index in [2.05, 4.69) is 6.92 Å². The minimum atomic E-state index is -0.885. The summed E-state index contributed by atoms with van der Waals surface area (Å²) in [6.07, 6.45) is 3.89. The molecule has 0 aliphatic carbocycles. The molecule has 3 heterocycles. The second-order valence-electron chi connectivity index (χ2n) is 10.8. The molecule has 0 bridgehead atoms. The first-order valence-electron chi connectivity index (χ1n) is 14.7. The van der Waals surface area contributed by atoms with E-state index in [-0.39, 0.29) is 17.4 Å². The molecular formula is C34H34N2O6S. The third-order valence-electron chi connectivity index (χ3n) is 7.69. The van der Waals surface area contributed by atoms with Gasteiger partial charge in [0.05, 0.1) is 35.0 Å². The van der Waals surface area contributed by atoms with Crippen LogP contribution in [-0.4, -0.2) is 41.1 Å². The van der Waals surface area contributed by atoms with E-state index in [1.807, 2.05) is 62.4 Å². The smallest absolute Gasteiger partial charge is 0.301 e. The van der Waals surface area contributed by atoms with Gasteiger partial charge in [-0.1, -0.05) is 43.2 Å². The van der Waals surface area contributed by atoms with E-state index in [0.717, 1.165) is 35.3 Å². The second kappa shape index (κ2) is 12.1. The summed E-state index contributed by atoms with van der Waals surface area (Å²) in [5.41, 5.74) is 2.77. The van der Waals surface area contributed by atoms with Gasteiger partial charge >= 0.3 is 5.91 Å². The number of aliphatic hydroxyl groups is 1. The van der Waals surface area contributed by atoms with Crippen molar-refractivity contribution in [1.82, 2.24) is 4.98 Å². The Morgan fingerprint density at radius 3 is 2.58 bits per heavy atom. The fourth-order valence-corrected chi connectivity index (χ4v) is 6.63. The molecule has 2 aliphatic rings. The lowest BCUT2D eigenvalue weighted by Gasteiger charge is -2.23. The van der Waals surface area contributed by atoms with Gasteiger partial charge in [0.25, 0.3) is 5.78 Å². The molecule has 3 aromatic carbocycles. The number of ether oxygens (including phenoxy) is 3. The van der Waals surface area contributed by atoms with E-state index in [4.69, 9.17) is 19.2 Å². The van der Waals surface area contributed by atoms with Gasteiger partial charge in [0.15, 0.2) is 5.13 Å². The van der Waals surface area contributed by atoms with Crippen molar-refractivity contribution in [3.05, 3.63) is 82.9 Å². The number of hydrogen-bond donors (Lipinski definition) is 1.